The molecule has 3 heterocycles. The van der Waals surface area contributed by atoms with E-state index in [0.29, 0.717) is 90.2 Å². The number of benzene rings is 3. The molecule has 0 bridgehead atoms. The van der Waals surface area contributed by atoms with Gasteiger partial charge in [0.1, 0.15) is 36.6 Å². The first-order valence-corrected chi connectivity index (χ1v) is 28.8. The summed E-state index contributed by atoms with van der Waals surface area (Å²) < 4.78 is 75.3. The summed E-state index contributed by atoms with van der Waals surface area (Å²) in [6.07, 6.45) is 2.08. The normalized spacial score (nSPS) is 15.8. The number of carbonyl (C=O) groups is 4. The number of nitrogens with one attached hydrogen (secondary N) is 2. The molecule has 0 spiro atoms. The van der Waals surface area contributed by atoms with Gasteiger partial charge >= 0.3 is 6.18 Å². The lowest BCUT2D eigenvalue weighted by Crippen LogP contribution is -2.58. The van der Waals surface area contributed by atoms with Crippen LogP contribution in [0.3, 0.4) is 0 Å². The fraction of sp³-hybridized carbons (Fsp3) is 0.542. The molecule has 4 aromatic rings. The van der Waals surface area contributed by atoms with Crippen LogP contribution in [0.4, 0.5) is 24.5 Å². The second kappa shape index (κ2) is 30.8. The molecule has 0 saturated carbocycles. The summed E-state index contributed by atoms with van der Waals surface area (Å²) >= 11 is 7.21. The zero-order valence-electron chi connectivity index (χ0n) is 47.2. The van der Waals surface area contributed by atoms with E-state index >= 15 is 0 Å². The number of rotatable bonds is 32. The Morgan fingerprint density at radius 3 is 1.98 bits per heavy atom. The topological polar surface area (TPSA) is 194 Å². The molecule has 17 nitrogen and oxygen atoms in total. The standard InChI is InChI=1S/C59H76F3N7O10S2/c1-41-51(81-40-65-41)43-17-15-42(16-18-43)38-64-53(71)49-14-13-25-67(49)54(72)52(57(2,3)4)66-50(70)39-78-33-32-76-29-12-8-10-27-74-26-9-7-11-28-75-30-31-77-34-35-79-47-23-21-45(22-24-47)69-56(80)68(55(73)58(69,5)6)46-20-19-44(37-63)48(36-46)59(60,61)62/h15-24,36,40,49,52H,7-14,25-35,38-39H2,1-6H3,(H,64,71)(H,66,70)/t49-,52?/m0/s1. The maximum absolute atomic E-state index is 13.9. The van der Waals surface area contributed by atoms with Crippen molar-refractivity contribution in [2.24, 2.45) is 5.41 Å². The molecule has 1 unspecified atom stereocenters. The molecule has 1 aromatic heterocycles. The Morgan fingerprint density at radius 2 is 1.40 bits per heavy atom. The minimum atomic E-state index is -4.79. The average molecular weight is 1160 g/mol. The minimum Gasteiger partial charge on any atom is -0.491 e. The van der Waals surface area contributed by atoms with Gasteiger partial charge in [0, 0.05) is 45.2 Å². The Kier molecular flexibility index (Phi) is 24.4. The molecule has 2 atom stereocenters. The Morgan fingerprint density at radius 1 is 0.815 bits per heavy atom. The van der Waals surface area contributed by atoms with Gasteiger partial charge in [-0.2, -0.15) is 18.4 Å². The predicted octanol–water partition coefficient (Wildman–Crippen LogP) is 9.57. The molecule has 2 saturated heterocycles. The van der Waals surface area contributed by atoms with Crippen molar-refractivity contribution >= 4 is 63.7 Å². The summed E-state index contributed by atoms with van der Waals surface area (Å²) in [6.45, 7) is 16.1. The molecule has 4 amide bonds. The number of hydrogen-bond acceptors (Lipinski definition) is 14. The smallest absolute Gasteiger partial charge is 0.417 e. The third-order valence-corrected chi connectivity index (χ3v) is 15.1. The van der Waals surface area contributed by atoms with E-state index in [9.17, 15) is 37.6 Å². The Labute approximate surface area is 482 Å². The van der Waals surface area contributed by atoms with Crippen LogP contribution in [0.1, 0.15) is 108 Å². The number of amides is 4. The molecule has 0 radical (unpaired) electrons. The number of nitrogens with zero attached hydrogens (tertiary/aromatic N) is 5. The lowest BCUT2D eigenvalue weighted by molar-refractivity contribution is -0.144. The van der Waals surface area contributed by atoms with Crippen LogP contribution in [-0.2, 0) is 55.6 Å². The number of alkyl halides is 3. The fourth-order valence-corrected chi connectivity index (χ4v) is 10.7. The SMILES string of the molecule is Cc1ncsc1-c1ccc(CNC(=O)[C@@H]2CCCN2C(=O)C(NC(=O)COCCOCCCCCOCCCCCOCCOCCOc2ccc(N3C(=S)N(c4ccc(C#N)c(C(F)(F)F)c4)C(=O)C3(C)C)cc2)C(C)(C)C)cc1. The van der Waals surface area contributed by atoms with Crippen LogP contribution in [-0.4, -0.2) is 135 Å². The van der Waals surface area contributed by atoms with Crippen molar-refractivity contribution in [1.29, 1.82) is 5.26 Å². The molecule has 2 N–H and O–H groups in total. The lowest BCUT2D eigenvalue weighted by atomic mass is 9.85. The van der Waals surface area contributed by atoms with E-state index in [-0.39, 0.29) is 42.4 Å². The number of halogens is 3. The Balaban J connectivity index is 0.720. The van der Waals surface area contributed by atoms with Crippen LogP contribution in [0.15, 0.2) is 72.2 Å². The number of nitriles is 1. The first kappa shape index (κ1) is 64.1. The molecule has 0 aliphatic carbocycles. The largest absolute Gasteiger partial charge is 0.491 e. The fourth-order valence-electron chi connectivity index (χ4n) is 9.33. The van der Waals surface area contributed by atoms with Crippen LogP contribution in [0, 0.1) is 23.7 Å². The van der Waals surface area contributed by atoms with E-state index in [1.54, 1.807) is 65.3 Å². The average Bonchev–Trinajstić information content (AvgIpc) is 4.36. The summed E-state index contributed by atoms with van der Waals surface area (Å²) in [5.74, 6) is -0.852. The van der Waals surface area contributed by atoms with Crippen molar-refractivity contribution < 1.29 is 60.8 Å². The van der Waals surface area contributed by atoms with Crippen molar-refractivity contribution in [2.45, 2.75) is 123 Å². The third-order valence-electron chi connectivity index (χ3n) is 13.8. The van der Waals surface area contributed by atoms with Gasteiger partial charge in [0.15, 0.2) is 5.11 Å². The van der Waals surface area contributed by atoms with Gasteiger partial charge in [-0.1, -0.05) is 45.0 Å². The van der Waals surface area contributed by atoms with E-state index in [1.165, 1.54) is 6.07 Å². The number of hydrogen-bond donors (Lipinski definition) is 2. The molecule has 3 aromatic carbocycles. The maximum atomic E-state index is 13.9. The number of carbonyl (C=O) groups excluding carboxylic acids is 4. The van der Waals surface area contributed by atoms with Crippen LogP contribution in [0.5, 0.6) is 5.75 Å². The molecule has 440 valence electrons. The monoisotopic (exact) mass is 1160 g/mol. The summed E-state index contributed by atoms with van der Waals surface area (Å²) in [5, 5.41) is 15.1. The zero-order chi connectivity index (χ0) is 58.6. The second-order valence-corrected chi connectivity index (χ2v) is 22.6. The molecule has 6 rings (SSSR count). The van der Waals surface area contributed by atoms with E-state index in [2.05, 4.69) is 15.6 Å². The van der Waals surface area contributed by atoms with Crippen molar-refractivity contribution in [2.75, 3.05) is 89.0 Å². The molecule has 2 aliphatic heterocycles. The lowest BCUT2D eigenvalue weighted by Gasteiger charge is -2.35. The summed E-state index contributed by atoms with van der Waals surface area (Å²) in [6, 6.07) is 18.1. The first-order chi connectivity index (χ1) is 38.7. The maximum Gasteiger partial charge on any atom is 0.417 e. The van der Waals surface area contributed by atoms with Crippen LogP contribution in [0.25, 0.3) is 10.4 Å². The molecule has 81 heavy (non-hydrogen) atoms. The van der Waals surface area contributed by atoms with Gasteiger partial charge in [0.05, 0.1) is 72.0 Å². The number of likely N-dealkylation sites (tertiary alicyclic amines) is 1. The molecule has 22 heteroatoms. The van der Waals surface area contributed by atoms with Gasteiger partial charge < -0.3 is 48.9 Å². The van der Waals surface area contributed by atoms with Gasteiger partial charge in [0.2, 0.25) is 17.7 Å². The third kappa shape index (κ3) is 18.5. The van der Waals surface area contributed by atoms with Gasteiger partial charge in [0.25, 0.3) is 5.91 Å². The summed E-state index contributed by atoms with van der Waals surface area (Å²) in [5.41, 5.74) is 1.81. The minimum absolute atomic E-state index is 0.00598. The number of ether oxygens (including phenoxy) is 6. The number of anilines is 2. The number of aryl methyl sites for hydroxylation is 1. The van der Waals surface area contributed by atoms with Crippen LogP contribution < -0.4 is 25.2 Å². The highest BCUT2D eigenvalue weighted by molar-refractivity contribution is 7.81. The predicted molar refractivity (Wildman–Crippen MR) is 307 cm³/mol. The van der Waals surface area contributed by atoms with E-state index in [4.69, 9.17) is 40.6 Å². The van der Waals surface area contributed by atoms with Crippen molar-refractivity contribution in [3.63, 3.8) is 0 Å². The number of thiocarbonyl (C=S) groups is 1. The van der Waals surface area contributed by atoms with Gasteiger partial charge in [-0.25, -0.2) is 4.98 Å². The van der Waals surface area contributed by atoms with E-state index in [1.807, 2.05) is 57.5 Å². The zero-order valence-corrected chi connectivity index (χ0v) is 48.8. The highest BCUT2D eigenvalue weighted by atomic mass is 32.1. The van der Waals surface area contributed by atoms with Crippen LogP contribution >= 0.6 is 23.6 Å². The highest BCUT2D eigenvalue weighted by Crippen LogP contribution is 2.40. The quantitative estimate of drug-likeness (QED) is 0.0347. The molecular weight excluding hydrogens is 1090 g/mol. The number of unbranched alkanes of at least 4 members (excludes halogenated alkanes) is 4. The van der Waals surface area contributed by atoms with E-state index < -0.39 is 52.2 Å². The second-order valence-electron chi connectivity index (χ2n) is 21.4. The Bertz CT molecular complexity index is 2750. The molecular formula is C59H76F3N7O10S2. The van der Waals surface area contributed by atoms with Crippen molar-refractivity contribution in [3.8, 4) is 22.3 Å². The van der Waals surface area contributed by atoms with Crippen molar-refractivity contribution in [3.05, 3.63) is 94.6 Å². The van der Waals surface area contributed by atoms with Crippen molar-refractivity contribution in [1.82, 2.24) is 20.5 Å². The summed E-state index contributed by atoms with van der Waals surface area (Å²) in [7, 11) is 0. The number of aromatic nitrogens is 1. The van der Waals surface area contributed by atoms with Crippen LogP contribution in [0.2, 0.25) is 0 Å². The summed E-state index contributed by atoms with van der Waals surface area (Å²) in [4.78, 5) is 63.4. The molecule has 2 aliphatic rings. The van der Waals surface area contributed by atoms with Gasteiger partial charge in [-0.15, -0.1) is 11.3 Å². The van der Waals surface area contributed by atoms with Gasteiger partial charge in [-0.05, 0) is 143 Å². The number of thiazole rings is 1. The van der Waals surface area contributed by atoms with E-state index in [0.717, 1.165) is 77.3 Å². The molecule has 2 fully saturated rings. The van der Waals surface area contributed by atoms with Gasteiger partial charge in [-0.3, -0.25) is 24.1 Å². The first-order valence-electron chi connectivity index (χ1n) is 27.5. The highest BCUT2D eigenvalue weighted by Gasteiger charge is 2.51. The Hall–Kier alpha value is -6.06.